The van der Waals surface area contributed by atoms with Crippen molar-refractivity contribution in [2.45, 2.75) is 0 Å². The summed E-state index contributed by atoms with van der Waals surface area (Å²) in [6, 6.07) is 16.2. The second kappa shape index (κ2) is 5.31. The molecule has 2 aromatic heterocycles. The van der Waals surface area contributed by atoms with Crippen molar-refractivity contribution >= 4 is 77.2 Å². The predicted octanol–water partition coefficient (Wildman–Crippen LogP) is 4.98. The number of nitrogens with zero attached hydrogens (tertiary/aromatic N) is 2. The first-order valence-corrected chi connectivity index (χ1v) is 10.6. The highest BCUT2D eigenvalue weighted by Crippen LogP contribution is 2.54. The third kappa shape index (κ3) is 1.79. The maximum atomic E-state index is 13.2. The van der Waals surface area contributed by atoms with Crippen molar-refractivity contribution in [3.63, 3.8) is 0 Å². The van der Waals surface area contributed by atoms with E-state index in [1.54, 1.807) is 46.6 Å². The molecule has 0 unspecified atom stereocenters. The molecular formula is C22H14N2O2S2. The maximum Gasteiger partial charge on any atom is 0.260 e. The lowest BCUT2D eigenvalue weighted by molar-refractivity contribution is -0.114. The second-order valence-corrected chi connectivity index (χ2v) is 9.13. The molecule has 6 rings (SSSR count). The summed E-state index contributed by atoms with van der Waals surface area (Å²) in [6.45, 7) is 0. The normalized spacial score (nSPS) is 18.6. The number of carbonyl (C=O) groups is 2. The van der Waals surface area contributed by atoms with E-state index in [-0.39, 0.29) is 11.8 Å². The molecule has 2 aliphatic heterocycles. The topological polar surface area (TPSA) is 40.6 Å². The summed E-state index contributed by atoms with van der Waals surface area (Å²) in [6.07, 6.45) is 0. The van der Waals surface area contributed by atoms with Crippen LogP contribution >= 0.6 is 22.7 Å². The highest BCUT2D eigenvalue weighted by molar-refractivity contribution is 7.23. The van der Waals surface area contributed by atoms with E-state index in [4.69, 9.17) is 0 Å². The smallest absolute Gasteiger partial charge is 0.260 e. The molecule has 0 aliphatic carbocycles. The minimum Gasteiger partial charge on any atom is -0.309 e. The zero-order valence-electron chi connectivity index (χ0n) is 15.1. The monoisotopic (exact) mass is 402 g/mol. The van der Waals surface area contributed by atoms with E-state index >= 15 is 0 Å². The lowest BCUT2D eigenvalue weighted by atomic mass is 10.1. The Morgan fingerprint density at radius 1 is 0.643 bits per heavy atom. The van der Waals surface area contributed by atoms with Crippen LogP contribution in [0.15, 0.2) is 48.5 Å². The minimum absolute atomic E-state index is 0.103. The molecule has 0 saturated carbocycles. The van der Waals surface area contributed by atoms with Crippen LogP contribution in [0.3, 0.4) is 0 Å². The number of amides is 2. The molecule has 2 aromatic carbocycles. The largest absolute Gasteiger partial charge is 0.309 e. The fraction of sp³-hybridized carbons (Fsp3) is 0.0909. The number of likely N-dealkylation sites (N-methyl/N-ethyl adjacent to an activating group) is 2. The number of hydrogen-bond donors (Lipinski definition) is 0. The number of rotatable bonds is 0. The Balaban J connectivity index is 1.73. The van der Waals surface area contributed by atoms with Gasteiger partial charge in [-0.25, -0.2) is 0 Å². The van der Waals surface area contributed by atoms with Crippen molar-refractivity contribution in [3.05, 3.63) is 58.3 Å². The van der Waals surface area contributed by atoms with E-state index in [1.165, 1.54) is 0 Å². The Morgan fingerprint density at radius 2 is 1.04 bits per heavy atom. The van der Waals surface area contributed by atoms with Gasteiger partial charge in [0.2, 0.25) is 0 Å². The Hall–Kier alpha value is -2.96. The van der Waals surface area contributed by atoms with Gasteiger partial charge >= 0.3 is 0 Å². The Kier molecular flexibility index (Phi) is 3.04. The first-order chi connectivity index (χ1) is 13.6. The predicted molar refractivity (Wildman–Crippen MR) is 117 cm³/mol. The van der Waals surface area contributed by atoms with Crippen molar-refractivity contribution in [3.8, 4) is 0 Å². The van der Waals surface area contributed by atoms with Gasteiger partial charge in [-0.05, 0) is 12.1 Å². The molecule has 0 spiro atoms. The van der Waals surface area contributed by atoms with Gasteiger partial charge in [-0.3, -0.25) is 9.59 Å². The van der Waals surface area contributed by atoms with Gasteiger partial charge in [-0.2, -0.15) is 0 Å². The molecule has 0 N–H and O–H groups in total. The molecule has 4 nitrogen and oxygen atoms in total. The van der Waals surface area contributed by atoms with Crippen LogP contribution in [0.5, 0.6) is 0 Å². The quantitative estimate of drug-likeness (QED) is 0.389. The summed E-state index contributed by atoms with van der Waals surface area (Å²) in [5, 5.41) is 2.12. The summed E-state index contributed by atoms with van der Waals surface area (Å²) in [5.41, 5.74) is 2.91. The van der Waals surface area contributed by atoms with Gasteiger partial charge in [0.05, 0.1) is 32.3 Å². The van der Waals surface area contributed by atoms with Gasteiger partial charge in [0.25, 0.3) is 11.8 Å². The fourth-order valence-electron chi connectivity index (χ4n) is 4.24. The van der Waals surface area contributed by atoms with Crippen LogP contribution < -0.4 is 9.80 Å². The highest BCUT2D eigenvalue weighted by Gasteiger charge is 2.43. The van der Waals surface area contributed by atoms with Crippen molar-refractivity contribution in [2.24, 2.45) is 0 Å². The zero-order chi connectivity index (χ0) is 19.2. The van der Waals surface area contributed by atoms with Crippen LogP contribution in [-0.2, 0) is 9.59 Å². The highest BCUT2D eigenvalue weighted by atomic mass is 32.1. The molecule has 0 saturated heterocycles. The summed E-state index contributed by atoms with van der Waals surface area (Å²) in [5.74, 6) is -0.205. The van der Waals surface area contributed by atoms with Gasteiger partial charge in [-0.1, -0.05) is 36.4 Å². The number of fused-ring (bicyclic) bond motifs is 6. The van der Waals surface area contributed by atoms with E-state index in [0.717, 1.165) is 41.3 Å². The van der Waals surface area contributed by atoms with Crippen LogP contribution in [0.2, 0.25) is 0 Å². The van der Waals surface area contributed by atoms with Gasteiger partial charge in [0.15, 0.2) is 0 Å². The maximum absolute atomic E-state index is 13.2. The van der Waals surface area contributed by atoms with Gasteiger partial charge in [0.1, 0.15) is 0 Å². The van der Waals surface area contributed by atoms with Crippen LogP contribution in [0.4, 0.5) is 11.4 Å². The first kappa shape index (κ1) is 16.0. The number of carbonyl (C=O) groups excluding carboxylic acids is 2. The zero-order valence-corrected chi connectivity index (χ0v) is 16.8. The second-order valence-electron chi connectivity index (χ2n) is 7.03. The van der Waals surface area contributed by atoms with E-state index in [9.17, 15) is 9.59 Å². The molecule has 2 aliphatic rings. The minimum atomic E-state index is -0.103. The Morgan fingerprint density at radius 3 is 1.46 bits per heavy atom. The van der Waals surface area contributed by atoms with E-state index < -0.39 is 0 Å². The lowest BCUT2D eigenvalue weighted by Gasteiger charge is -2.11. The molecular weight excluding hydrogens is 388 g/mol. The molecule has 0 radical (unpaired) electrons. The van der Waals surface area contributed by atoms with Crippen LogP contribution in [0.1, 0.15) is 9.75 Å². The van der Waals surface area contributed by atoms with Gasteiger partial charge in [-0.15, -0.1) is 22.7 Å². The van der Waals surface area contributed by atoms with Crippen LogP contribution in [0.25, 0.3) is 31.3 Å². The fourth-order valence-corrected chi connectivity index (χ4v) is 6.79. The Bertz CT molecular complexity index is 1290. The molecule has 0 bridgehead atoms. The SMILES string of the molecule is CN1C(=O)C(=C2C(=O)N(C)c3c2sc2ccccc32)c2sc3ccccc3c21. The molecule has 28 heavy (non-hydrogen) atoms. The van der Waals surface area contributed by atoms with Crippen molar-refractivity contribution < 1.29 is 9.59 Å². The number of benzene rings is 2. The number of anilines is 2. The van der Waals surface area contributed by atoms with Gasteiger partial charge in [0, 0.05) is 34.3 Å². The molecule has 6 heteroatoms. The van der Waals surface area contributed by atoms with Gasteiger partial charge < -0.3 is 9.80 Å². The third-order valence-electron chi connectivity index (χ3n) is 5.55. The standard InChI is InChI=1S/C22H14N2O2S2/c1-23-17-11-7-3-5-9-13(11)27-19(17)15(21(23)25)16-20-18(24(2)22(16)26)12-8-4-6-10-14(12)28-20/h3-10H,1-2H3. The van der Waals surface area contributed by atoms with Crippen molar-refractivity contribution in [2.75, 3.05) is 23.9 Å². The Labute approximate surface area is 168 Å². The molecule has 4 aromatic rings. The molecule has 2 amide bonds. The molecule has 4 heterocycles. The van der Waals surface area contributed by atoms with Crippen molar-refractivity contribution in [1.29, 1.82) is 0 Å². The average Bonchev–Trinajstić information content (AvgIpc) is 3.38. The van der Waals surface area contributed by atoms with E-state index in [2.05, 4.69) is 12.1 Å². The summed E-state index contributed by atoms with van der Waals surface area (Å²) in [7, 11) is 3.59. The van der Waals surface area contributed by atoms with Crippen LogP contribution in [-0.4, -0.2) is 25.9 Å². The summed E-state index contributed by atoms with van der Waals surface area (Å²) in [4.78, 5) is 31.7. The number of thiophene rings is 2. The molecule has 0 atom stereocenters. The first-order valence-electron chi connectivity index (χ1n) is 8.92. The number of hydrogen-bond acceptors (Lipinski definition) is 4. The summed E-state index contributed by atoms with van der Waals surface area (Å²) >= 11 is 3.17. The van der Waals surface area contributed by atoms with Crippen molar-refractivity contribution in [1.82, 2.24) is 0 Å². The third-order valence-corrected chi connectivity index (χ3v) is 7.91. The molecule has 0 fully saturated rings. The van der Waals surface area contributed by atoms with Crippen LogP contribution in [0, 0.1) is 0 Å². The lowest BCUT2D eigenvalue weighted by Crippen LogP contribution is -2.24. The van der Waals surface area contributed by atoms with E-state index in [0.29, 0.717) is 11.1 Å². The molecule has 136 valence electrons. The van der Waals surface area contributed by atoms with E-state index in [1.807, 2.05) is 36.4 Å². The summed E-state index contributed by atoms with van der Waals surface area (Å²) < 4.78 is 2.25. The average molecular weight is 403 g/mol.